The topological polar surface area (TPSA) is 18.5 Å². The van der Waals surface area contributed by atoms with E-state index in [9.17, 15) is 0 Å². The van der Waals surface area contributed by atoms with Crippen molar-refractivity contribution in [2.24, 2.45) is 40.4 Å². The van der Waals surface area contributed by atoms with E-state index in [4.69, 9.17) is 9.47 Å². The molecule has 0 spiro atoms. The number of ether oxygens (including phenoxy) is 2. The maximum atomic E-state index is 6.17. The molecule has 6 unspecified atom stereocenters. The largest absolute Gasteiger partial charge is 0.466 e. The molecule has 0 aliphatic heterocycles. The van der Waals surface area contributed by atoms with Crippen LogP contribution in [-0.2, 0) is 15.9 Å². The van der Waals surface area contributed by atoms with Crippen LogP contribution in [0.4, 0.5) is 0 Å². The Kier molecular flexibility index (Phi) is 5.44. The Morgan fingerprint density at radius 1 is 1.07 bits per heavy atom. The van der Waals surface area contributed by atoms with Crippen molar-refractivity contribution in [2.45, 2.75) is 60.7 Å². The van der Waals surface area contributed by atoms with E-state index < -0.39 is 0 Å². The second kappa shape index (κ2) is 7.61. The summed E-state index contributed by atoms with van der Waals surface area (Å²) in [7, 11) is 0. The van der Waals surface area contributed by atoms with Crippen molar-refractivity contribution >= 4 is 0 Å². The van der Waals surface area contributed by atoms with Crippen LogP contribution in [-0.4, -0.2) is 12.9 Å². The van der Waals surface area contributed by atoms with Crippen molar-refractivity contribution in [3.63, 3.8) is 0 Å². The molecular formula is C27H38O2. The average molecular weight is 395 g/mol. The predicted molar refractivity (Wildman–Crippen MR) is 119 cm³/mol. The molecule has 2 saturated carbocycles. The third kappa shape index (κ3) is 3.81. The first-order chi connectivity index (χ1) is 13.8. The van der Waals surface area contributed by atoms with Crippen LogP contribution in [0.2, 0.25) is 0 Å². The van der Waals surface area contributed by atoms with Gasteiger partial charge in [0, 0.05) is 0 Å². The van der Waals surface area contributed by atoms with Crippen LogP contribution in [0, 0.1) is 40.4 Å². The third-order valence-corrected chi connectivity index (χ3v) is 8.20. The molecule has 4 rings (SSSR count). The molecule has 29 heavy (non-hydrogen) atoms. The molecule has 0 bridgehead atoms. The fourth-order valence-electron chi connectivity index (χ4n) is 6.31. The van der Waals surface area contributed by atoms with Gasteiger partial charge in [0.25, 0.3) is 0 Å². The van der Waals surface area contributed by atoms with Gasteiger partial charge in [0.15, 0.2) is 6.29 Å². The lowest BCUT2D eigenvalue weighted by atomic mass is 9.64. The smallest absolute Gasteiger partial charge is 0.196 e. The summed E-state index contributed by atoms with van der Waals surface area (Å²) >= 11 is 0. The molecular weight excluding hydrogens is 356 g/mol. The van der Waals surface area contributed by atoms with E-state index >= 15 is 0 Å². The van der Waals surface area contributed by atoms with Crippen molar-refractivity contribution in [3.05, 3.63) is 59.9 Å². The Labute approximate surface area is 177 Å². The zero-order valence-electron chi connectivity index (χ0n) is 19.0. The van der Waals surface area contributed by atoms with Gasteiger partial charge < -0.3 is 9.47 Å². The first kappa shape index (κ1) is 20.7. The van der Waals surface area contributed by atoms with Gasteiger partial charge in [-0.05, 0) is 71.5 Å². The third-order valence-electron chi connectivity index (χ3n) is 8.20. The van der Waals surface area contributed by atoms with E-state index in [1.54, 1.807) is 0 Å². The quantitative estimate of drug-likeness (QED) is 0.461. The van der Waals surface area contributed by atoms with Gasteiger partial charge in [-0.3, -0.25) is 0 Å². The Morgan fingerprint density at radius 3 is 2.48 bits per heavy atom. The van der Waals surface area contributed by atoms with Gasteiger partial charge in [0.2, 0.25) is 0 Å². The maximum absolute atomic E-state index is 6.17. The molecule has 1 aromatic carbocycles. The lowest BCUT2D eigenvalue weighted by molar-refractivity contribution is -0.1000. The van der Waals surface area contributed by atoms with Crippen LogP contribution in [0.1, 0.15) is 53.5 Å². The zero-order chi connectivity index (χ0) is 20.8. The summed E-state index contributed by atoms with van der Waals surface area (Å²) in [6.45, 7) is 14.9. The van der Waals surface area contributed by atoms with Gasteiger partial charge in [-0.15, -0.1) is 0 Å². The summed E-state index contributed by atoms with van der Waals surface area (Å²) in [6.07, 6.45) is 9.00. The molecule has 1 aromatic rings. The SMILES string of the molecule is CCC(C)(C)C1C2C=CC(OC(C)OCCc3ccccc3)=CC2C2C1C2(C)C. The van der Waals surface area contributed by atoms with Crippen LogP contribution in [0.15, 0.2) is 54.3 Å². The highest BCUT2D eigenvalue weighted by Crippen LogP contribution is 2.76. The summed E-state index contributed by atoms with van der Waals surface area (Å²) in [5.41, 5.74) is 2.15. The molecule has 0 radical (unpaired) electrons. The Bertz CT molecular complexity index is 773. The Hall–Kier alpha value is -1.54. The van der Waals surface area contributed by atoms with Gasteiger partial charge in [0.05, 0.1) is 6.61 Å². The van der Waals surface area contributed by atoms with Crippen molar-refractivity contribution in [1.29, 1.82) is 0 Å². The number of hydrogen-bond donors (Lipinski definition) is 0. The fraction of sp³-hybridized carbons (Fsp3) is 0.630. The molecule has 0 saturated heterocycles. The van der Waals surface area contributed by atoms with Gasteiger partial charge >= 0.3 is 0 Å². The molecule has 0 heterocycles. The van der Waals surface area contributed by atoms with E-state index in [2.05, 4.69) is 77.1 Å². The summed E-state index contributed by atoms with van der Waals surface area (Å²) in [6, 6.07) is 10.5. The van der Waals surface area contributed by atoms with Gasteiger partial charge in [-0.1, -0.05) is 77.4 Å². The molecule has 2 fully saturated rings. The standard InChI is InChI=1S/C27H38O2/c1-7-26(3,4)23-21-14-13-20(17-22(21)24-25(23)27(24,5)6)29-18(2)28-16-15-19-11-9-8-10-12-19/h8-14,17-18,21-25H,7,15-16H2,1-6H3. The zero-order valence-corrected chi connectivity index (χ0v) is 19.0. The van der Waals surface area contributed by atoms with Crippen LogP contribution in [0.5, 0.6) is 0 Å². The summed E-state index contributed by atoms with van der Waals surface area (Å²) in [5.74, 6) is 4.67. The highest BCUT2D eigenvalue weighted by atomic mass is 16.7. The Morgan fingerprint density at radius 2 is 1.79 bits per heavy atom. The summed E-state index contributed by atoms with van der Waals surface area (Å²) in [5, 5.41) is 0. The van der Waals surface area contributed by atoms with E-state index in [-0.39, 0.29) is 6.29 Å². The van der Waals surface area contributed by atoms with Gasteiger partial charge in [0.1, 0.15) is 5.76 Å². The molecule has 2 heteroatoms. The van der Waals surface area contributed by atoms with Gasteiger partial charge in [-0.2, -0.15) is 0 Å². The van der Waals surface area contributed by atoms with Crippen molar-refractivity contribution in [1.82, 2.24) is 0 Å². The predicted octanol–water partition coefficient (Wildman–Crippen LogP) is 6.63. The van der Waals surface area contributed by atoms with Crippen molar-refractivity contribution < 1.29 is 9.47 Å². The molecule has 3 aliphatic carbocycles. The number of benzene rings is 1. The second-order valence-electron chi connectivity index (χ2n) is 10.6. The number of rotatable bonds is 8. The number of allylic oxidation sites excluding steroid dienone is 3. The molecule has 0 aromatic heterocycles. The van der Waals surface area contributed by atoms with Crippen LogP contribution < -0.4 is 0 Å². The first-order valence-corrected chi connectivity index (χ1v) is 11.5. The minimum atomic E-state index is -0.224. The van der Waals surface area contributed by atoms with Crippen LogP contribution >= 0.6 is 0 Å². The van der Waals surface area contributed by atoms with Crippen LogP contribution in [0.25, 0.3) is 0 Å². The number of fused-ring (bicyclic) bond motifs is 3. The Balaban J connectivity index is 1.37. The molecule has 6 atom stereocenters. The van der Waals surface area contributed by atoms with E-state index in [0.29, 0.717) is 29.3 Å². The monoisotopic (exact) mass is 394 g/mol. The highest BCUT2D eigenvalue weighted by molar-refractivity contribution is 5.32. The lowest BCUT2D eigenvalue weighted by Crippen LogP contribution is -2.34. The van der Waals surface area contributed by atoms with Crippen molar-refractivity contribution in [3.8, 4) is 0 Å². The molecule has 3 aliphatic rings. The maximum Gasteiger partial charge on any atom is 0.196 e. The molecule has 2 nitrogen and oxygen atoms in total. The second-order valence-corrected chi connectivity index (χ2v) is 10.6. The average Bonchev–Trinajstić information content (AvgIpc) is 3.06. The molecule has 158 valence electrons. The molecule has 0 N–H and O–H groups in total. The van der Waals surface area contributed by atoms with Crippen LogP contribution in [0.3, 0.4) is 0 Å². The fourth-order valence-corrected chi connectivity index (χ4v) is 6.31. The minimum absolute atomic E-state index is 0.224. The first-order valence-electron chi connectivity index (χ1n) is 11.5. The van der Waals surface area contributed by atoms with E-state index in [0.717, 1.165) is 29.9 Å². The normalized spacial score (nSPS) is 32.9. The van der Waals surface area contributed by atoms with E-state index in [1.165, 1.54) is 12.0 Å². The van der Waals surface area contributed by atoms with Crippen molar-refractivity contribution in [2.75, 3.05) is 6.61 Å². The molecule has 0 amide bonds. The van der Waals surface area contributed by atoms with E-state index in [1.807, 2.05) is 13.0 Å². The lowest BCUT2D eigenvalue weighted by Gasteiger charge is -2.40. The highest BCUT2D eigenvalue weighted by Gasteiger charge is 2.72. The summed E-state index contributed by atoms with van der Waals surface area (Å²) < 4.78 is 12.1. The summed E-state index contributed by atoms with van der Waals surface area (Å²) in [4.78, 5) is 0. The number of hydrogen-bond acceptors (Lipinski definition) is 2. The minimum Gasteiger partial charge on any atom is -0.466 e. The van der Waals surface area contributed by atoms with Gasteiger partial charge in [-0.25, -0.2) is 0 Å².